The van der Waals surface area contributed by atoms with Gasteiger partial charge in [-0.2, -0.15) is 0 Å². The molecule has 1 aliphatic carbocycles. The summed E-state index contributed by atoms with van der Waals surface area (Å²) in [5.74, 6) is -4.69. The van der Waals surface area contributed by atoms with Crippen LogP contribution in [0.2, 0.25) is 0 Å². The zero-order chi connectivity index (χ0) is 8.65. The molecular weight excluding hydrogens is 192 g/mol. The summed E-state index contributed by atoms with van der Waals surface area (Å²) in [6, 6.07) is -1.15. The molecule has 3 nitrogen and oxygen atoms in total. The normalized spacial score (nSPS) is 27.1. The van der Waals surface area contributed by atoms with Crippen LogP contribution < -0.4 is 5.73 Å². The number of halogens is 3. The van der Waals surface area contributed by atoms with Crippen LogP contribution in [0.25, 0.3) is 0 Å². The fraction of sp³-hybridized carbons (Fsp3) is 0.833. The van der Waals surface area contributed by atoms with Crippen LogP contribution in [0.5, 0.6) is 0 Å². The predicted molar refractivity (Wildman–Crippen MR) is 40.5 cm³/mol. The molecule has 1 rings (SSSR count). The quantitative estimate of drug-likeness (QED) is 0.712. The van der Waals surface area contributed by atoms with Gasteiger partial charge in [0.2, 0.25) is 0 Å². The monoisotopic (exact) mass is 201 g/mol. The fourth-order valence-electron chi connectivity index (χ4n) is 0.933. The molecule has 0 aromatic carbocycles. The van der Waals surface area contributed by atoms with Gasteiger partial charge in [0.05, 0.1) is 0 Å². The van der Waals surface area contributed by atoms with Gasteiger partial charge < -0.3 is 10.8 Å². The highest BCUT2D eigenvalue weighted by atomic mass is 35.5. The van der Waals surface area contributed by atoms with Gasteiger partial charge in [0.25, 0.3) is 5.92 Å². The van der Waals surface area contributed by atoms with Crippen molar-refractivity contribution < 1.29 is 18.7 Å². The van der Waals surface area contributed by atoms with E-state index in [1.165, 1.54) is 0 Å². The Bertz CT molecular complexity index is 188. The van der Waals surface area contributed by atoms with Gasteiger partial charge in [0.1, 0.15) is 6.04 Å². The number of carboxylic acids is 1. The van der Waals surface area contributed by atoms with E-state index in [2.05, 4.69) is 0 Å². The number of rotatable bonds is 3. The zero-order valence-electron chi connectivity index (χ0n) is 6.17. The first-order chi connectivity index (χ1) is 4.93. The van der Waals surface area contributed by atoms with Crippen LogP contribution in [0, 0.1) is 5.92 Å². The summed E-state index contributed by atoms with van der Waals surface area (Å²) in [6.45, 7) is 0. The van der Waals surface area contributed by atoms with Crippen molar-refractivity contribution in [2.24, 2.45) is 11.7 Å². The van der Waals surface area contributed by atoms with E-state index in [9.17, 15) is 13.6 Å². The van der Waals surface area contributed by atoms with Crippen LogP contribution in [0.15, 0.2) is 0 Å². The SMILES string of the molecule is Cl.N[C@H](CC1CC1(F)F)C(=O)O. The molecule has 0 aromatic heterocycles. The fourth-order valence-corrected chi connectivity index (χ4v) is 0.933. The van der Waals surface area contributed by atoms with E-state index in [-0.39, 0.29) is 25.2 Å². The Morgan fingerprint density at radius 1 is 1.75 bits per heavy atom. The Kier molecular flexibility index (Phi) is 3.41. The standard InChI is InChI=1S/C6H9F2NO2.ClH/c7-6(8)2-3(6)1-4(9)5(10)11;/h3-4H,1-2,9H2,(H,10,11);1H/t3?,4-;/m1./s1. The van der Waals surface area contributed by atoms with E-state index in [4.69, 9.17) is 10.8 Å². The maximum atomic E-state index is 12.2. The van der Waals surface area contributed by atoms with Gasteiger partial charge in [0.15, 0.2) is 0 Å². The molecule has 0 radical (unpaired) electrons. The number of nitrogens with two attached hydrogens (primary N) is 1. The molecule has 2 atom stereocenters. The summed E-state index contributed by atoms with van der Waals surface area (Å²) in [6.07, 6.45) is -0.337. The van der Waals surface area contributed by atoms with Gasteiger partial charge in [0, 0.05) is 12.3 Å². The van der Waals surface area contributed by atoms with Crippen LogP contribution >= 0.6 is 12.4 Å². The number of hydrogen-bond donors (Lipinski definition) is 2. The highest BCUT2D eigenvalue weighted by molar-refractivity contribution is 5.85. The summed E-state index contributed by atoms with van der Waals surface area (Å²) in [7, 11) is 0. The molecule has 0 spiro atoms. The lowest BCUT2D eigenvalue weighted by Gasteiger charge is -2.03. The number of carboxylic acid groups (broad SMARTS) is 1. The maximum absolute atomic E-state index is 12.2. The third kappa shape index (κ3) is 2.57. The van der Waals surface area contributed by atoms with Crippen LogP contribution in [-0.2, 0) is 4.79 Å². The maximum Gasteiger partial charge on any atom is 0.320 e. The lowest BCUT2D eigenvalue weighted by Crippen LogP contribution is -2.31. The molecule has 0 saturated heterocycles. The Hall–Kier alpha value is -0.420. The third-order valence-corrected chi connectivity index (χ3v) is 1.81. The van der Waals surface area contributed by atoms with Crippen LogP contribution in [0.4, 0.5) is 8.78 Å². The minimum Gasteiger partial charge on any atom is -0.480 e. The summed E-state index contributed by atoms with van der Waals surface area (Å²) in [4.78, 5) is 10.1. The molecule has 1 aliphatic rings. The molecule has 0 bridgehead atoms. The van der Waals surface area contributed by atoms with Crippen molar-refractivity contribution in [2.45, 2.75) is 24.8 Å². The summed E-state index contributed by atoms with van der Waals surface area (Å²) >= 11 is 0. The van der Waals surface area contributed by atoms with Crippen molar-refractivity contribution in [1.82, 2.24) is 0 Å². The first kappa shape index (κ1) is 11.6. The first-order valence-electron chi connectivity index (χ1n) is 3.29. The molecule has 1 saturated carbocycles. The summed E-state index contributed by atoms with van der Waals surface area (Å²) in [5.41, 5.74) is 5.05. The molecule has 0 aliphatic heterocycles. The Balaban J connectivity index is 0.00000121. The van der Waals surface area contributed by atoms with E-state index in [0.29, 0.717) is 0 Å². The van der Waals surface area contributed by atoms with E-state index >= 15 is 0 Å². The Morgan fingerprint density at radius 2 is 2.17 bits per heavy atom. The van der Waals surface area contributed by atoms with Crippen molar-refractivity contribution in [2.75, 3.05) is 0 Å². The van der Waals surface area contributed by atoms with Crippen molar-refractivity contribution in [3.8, 4) is 0 Å². The number of carbonyl (C=O) groups is 1. The van der Waals surface area contributed by atoms with Gasteiger partial charge in [-0.25, -0.2) is 8.78 Å². The first-order valence-corrected chi connectivity index (χ1v) is 3.29. The van der Waals surface area contributed by atoms with Crippen molar-refractivity contribution in [1.29, 1.82) is 0 Å². The molecule has 72 valence electrons. The molecule has 12 heavy (non-hydrogen) atoms. The van der Waals surface area contributed by atoms with E-state index in [1.807, 2.05) is 0 Å². The van der Waals surface area contributed by atoms with Gasteiger partial charge in [-0.05, 0) is 6.42 Å². The molecule has 1 fully saturated rings. The van der Waals surface area contributed by atoms with Gasteiger partial charge in [-0.15, -0.1) is 12.4 Å². The predicted octanol–water partition coefficient (Wildman–Crippen LogP) is 0.865. The van der Waals surface area contributed by atoms with Gasteiger partial charge in [-0.3, -0.25) is 4.79 Å². The van der Waals surface area contributed by atoms with E-state index in [1.54, 1.807) is 0 Å². The minimum absolute atomic E-state index is 0. The molecule has 0 heterocycles. The second kappa shape index (κ2) is 3.53. The second-order valence-corrected chi connectivity index (χ2v) is 2.84. The van der Waals surface area contributed by atoms with Crippen LogP contribution in [0.3, 0.4) is 0 Å². The molecule has 1 unspecified atom stereocenters. The van der Waals surface area contributed by atoms with Gasteiger partial charge in [-0.1, -0.05) is 0 Å². The third-order valence-electron chi connectivity index (χ3n) is 1.81. The molecule has 3 N–H and O–H groups in total. The van der Waals surface area contributed by atoms with E-state index < -0.39 is 23.9 Å². The number of aliphatic carboxylic acids is 1. The lowest BCUT2D eigenvalue weighted by atomic mass is 10.1. The Labute approximate surface area is 74.3 Å². The smallest absolute Gasteiger partial charge is 0.320 e. The van der Waals surface area contributed by atoms with Crippen LogP contribution in [-0.4, -0.2) is 23.0 Å². The Morgan fingerprint density at radius 3 is 2.42 bits per heavy atom. The summed E-state index contributed by atoms with van der Waals surface area (Å²) in [5, 5.41) is 8.26. The van der Waals surface area contributed by atoms with Crippen LogP contribution in [0.1, 0.15) is 12.8 Å². The highest BCUT2D eigenvalue weighted by Gasteiger charge is 2.57. The number of hydrogen-bond acceptors (Lipinski definition) is 2. The lowest BCUT2D eigenvalue weighted by molar-refractivity contribution is -0.138. The average Bonchev–Trinajstić information content (AvgIpc) is 2.39. The van der Waals surface area contributed by atoms with E-state index in [0.717, 1.165) is 0 Å². The molecular formula is C6H10ClF2NO2. The number of alkyl halides is 2. The van der Waals surface area contributed by atoms with Crippen molar-refractivity contribution in [3.63, 3.8) is 0 Å². The average molecular weight is 202 g/mol. The zero-order valence-corrected chi connectivity index (χ0v) is 6.98. The molecule has 0 aromatic rings. The minimum atomic E-state index is -2.66. The molecule has 6 heteroatoms. The topological polar surface area (TPSA) is 63.3 Å². The van der Waals surface area contributed by atoms with Crippen molar-refractivity contribution >= 4 is 18.4 Å². The highest BCUT2D eigenvalue weighted by Crippen LogP contribution is 2.50. The largest absolute Gasteiger partial charge is 0.480 e. The van der Waals surface area contributed by atoms with Crippen molar-refractivity contribution in [3.05, 3.63) is 0 Å². The van der Waals surface area contributed by atoms with Gasteiger partial charge >= 0.3 is 5.97 Å². The second-order valence-electron chi connectivity index (χ2n) is 2.84. The summed E-state index contributed by atoms with van der Waals surface area (Å²) < 4.78 is 24.3. The molecule has 0 amide bonds.